The van der Waals surface area contributed by atoms with Crippen molar-refractivity contribution in [2.45, 2.75) is 25.0 Å². The number of rotatable bonds is 2. The van der Waals surface area contributed by atoms with E-state index in [1.54, 1.807) is 17.0 Å². The van der Waals surface area contributed by atoms with Crippen LogP contribution in [0.1, 0.15) is 17.5 Å². The third kappa shape index (κ3) is 2.51. The fraction of sp³-hybridized carbons (Fsp3) is 0.467. The van der Waals surface area contributed by atoms with E-state index < -0.39 is 5.82 Å². The number of benzene rings is 1. The second-order valence-corrected chi connectivity index (χ2v) is 6.14. The highest BCUT2D eigenvalue weighted by Gasteiger charge is 2.40. The fourth-order valence-electron chi connectivity index (χ4n) is 3.23. The number of halogens is 2. The average molecular weight is 323 g/mol. The SMILES string of the molecule is CN1C(=O)N[C@@H]2CN(Cc3ccc(F)c(C#N)c3Cl)CC[C@@H]21. The maximum atomic E-state index is 13.5. The Morgan fingerprint density at radius 2 is 2.32 bits per heavy atom. The summed E-state index contributed by atoms with van der Waals surface area (Å²) in [4.78, 5) is 15.6. The molecule has 1 aromatic rings. The topological polar surface area (TPSA) is 59.4 Å². The number of amides is 2. The van der Waals surface area contributed by atoms with E-state index in [1.165, 1.54) is 6.07 Å². The number of carbonyl (C=O) groups excluding carboxylic acids is 1. The lowest BCUT2D eigenvalue weighted by molar-refractivity contribution is 0.147. The number of hydrogen-bond donors (Lipinski definition) is 1. The zero-order chi connectivity index (χ0) is 15.9. The number of urea groups is 1. The summed E-state index contributed by atoms with van der Waals surface area (Å²) in [7, 11) is 1.81. The Hall–Kier alpha value is -1.84. The quantitative estimate of drug-likeness (QED) is 0.905. The minimum Gasteiger partial charge on any atom is -0.332 e. The lowest BCUT2D eigenvalue weighted by atomic mass is 9.99. The minimum absolute atomic E-state index is 0.0385. The third-order valence-corrected chi connectivity index (χ3v) is 4.90. The first kappa shape index (κ1) is 15.1. The van der Waals surface area contributed by atoms with E-state index in [4.69, 9.17) is 16.9 Å². The summed E-state index contributed by atoms with van der Waals surface area (Å²) in [6.07, 6.45) is 0.879. The Kier molecular flexibility index (Phi) is 3.94. The number of likely N-dealkylation sites (tertiary alicyclic amines) is 1. The van der Waals surface area contributed by atoms with Gasteiger partial charge in [-0.1, -0.05) is 17.7 Å². The molecule has 0 bridgehead atoms. The molecule has 0 unspecified atom stereocenters. The largest absolute Gasteiger partial charge is 0.332 e. The molecule has 0 aliphatic carbocycles. The van der Waals surface area contributed by atoms with E-state index in [0.29, 0.717) is 6.54 Å². The first-order chi connectivity index (χ1) is 10.5. The highest BCUT2D eigenvalue weighted by molar-refractivity contribution is 6.32. The summed E-state index contributed by atoms with van der Waals surface area (Å²) >= 11 is 6.12. The highest BCUT2D eigenvalue weighted by Crippen LogP contribution is 2.27. The molecule has 5 nitrogen and oxygen atoms in total. The molecule has 2 atom stereocenters. The molecule has 2 heterocycles. The van der Waals surface area contributed by atoms with E-state index in [1.807, 2.05) is 7.05 Å². The van der Waals surface area contributed by atoms with Crippen molar-refractivity contribution in [2.24, 2.45) is 0 Å². The smallest absolute Gasteiger partial charge is 0.317 e. The second-order valence-electron chi connectivity index (χ2n) is 5.77. The Bertz CT molecular complexity index is 660. The molecule has 7 heteroatoms. The molecule has 2 aliphatic heterocycles. The Labute approximate surface area is 133 Å². The number of hydrogen-bond acceptors (Lipinski definition) is 3. The van der Waals surface area contributed by atoms with Crippen LogP contribution in [0.2, 0.25) is 5.02 Å². The van der Waals surface area contributed by atoms with Crippen LogP contribution >= 0.6 is 11.6 Å². The molecule has 0 spiro atoms. The van der Waals surface area contributed by atoms with Crippen LogP contribution in [0.5, 0.6) is 0 Å². The molecule has 116 valence electrons. The summed E-state index contributed by atoms with van der Waals surface area (Å²) in [5.41, 5.74) is 0.624. The Morgan fingerprint density at radius 3 is 3.05 bits per heavy atom. The minimum atomic E-state index is -0.598. The van der Waals surface area contributed by atoms with Crippen LogP contribution in [0.25, 0.3) is 0 Å². The molecule has 0 aromatic heterocycles. The van der Waals surface area contributed by atoms with Crippen molar-refractivity contribution in [3.8, 4) is 6.07 Å². The van der Waals surface area contributed by atoms with Crippen molar-refractivity contribution in [3.63, 3.8) is 0 Å². The second kappa shape index (κ2) is 5.75. The molecule has 0 radical (unpaired) electrons. The highest BCUT2D eigenvalue weighted by atomic mass is 35.5. The summed E-state index contributed by atoms with van der Waals surface area (Å²) in [5, 5.41) is 12.1. The van der Waals surface area contributed by atoms with Gasteiger partial charge < -0.3 is 10.2 Å². The van der Waals surface area contributed by atoms with Crippen LogP contribution in [0.15, 0.2) is 12.1 Å². The van der Waals surface area contributed by atoms with Crippen LogP contribution in [0.3, 0.4) is 0 Å². The van der Waals surface area contributed by atoms with E-state index >= 15 is 0 Å². The van der Waals surface area contributed by atoms with Gasteiger partial charge in [-0.25, -0.2) is 9.18 Å². The average Bonchev–Trinajstić information content (AvgIpc) is 2.77. The van der Waals surface area contributed by atoms with Gasteiger partial charge in [-0.15, -0.1) is 0 Å². The first-order valence-corrected chi connectivity index (χ1v) is 7.51. The summed E-state index contributed by atoms with van der Waals surface area (Å²) in [5.74, 6) is -0.598. The number of nitrogens with zero attached hydrogens (tertiary/aromatic N) is 3. The van der Waals surface area contributed by atoms with Gasteiger partial charge in [-0.2, -0.15) is 5.26 Å². The predicted octanol–water partition coefficient (Wildman–Crippen LogP) is 1.95. The molecule has 1 N–H and O–H groups in total. The van der Waals surface area contributed by atoms with Crippen molar-refractivity contribution < 1.29 is 9.18 Å². The van der Waals surface area contributed by atoms with Gasteiger partial charge in [-0.3, -0.25) is 4.90 Å². The molecular formula is C15H16ClFN4O. The standard InChI is InChI=1S/C15H16ClFN4O/c1-20-13-4-5-21(8-12(13)19-15(20)22)7-9-2-3-11(17)10(6-18)14(9)16/h2-3,12-13H,4-5,7-8H2,1H3,(H,19,22)/t12-,13+/m1/s1. The molecule has 2 aliphatic rings. The zero-order valence-corrected chi connectivity index (χ0v) is 12.9. The number of nitrogens with one attached hydrogen (secondary N) is 1. The van der Waals surface area contributed by atoms with Crippen LogP contribution in [-0.4, -0.2) is 48.1 Å². The molecule has 2 amide bonds. The lowest BCUT2D eigenvalue weighted by Crippen LogP contribution is -2.50. The lowest BCUT2D eigenvalue weighted by Gasteiger charge is -2.35. The third-order valence-electron chi connectivity index (χ3n) is 4.46. The Balaban J connectivity index is 1.73. The molecule has 0 saturated carbocycles. The van der Waals surface area contributed by atoms with Crippen LogP contribution in [-0.2, 0) is 6.54 Å². The first-order valence-electron chi connectivity index (χ1n) is 7.14. The zero-order valence-electron chi connectivity index (χ0n) is 12.1. The van der Waals surface area contributed by atoms with Gasteiger partial charge in [0, 0.05) is 26.7 Å². The van der Waals surface area contributed by atoms with Gasteiger partial charge in [0.1, 0.15) is 17.4 Å². The van der Waals surface area contributed by atoms with Crippen LogP contribution < -0.4 is 5.32 Å². The Morgan fingerprint density at radius 1 is 1.55 bits per heavy atom. The van der Waals surface area contributed by atoms with Crippen molar-refractivity contribution in [1.82, 2.24) is 15.1 Å². The molecular weight excluding hydrogens is 307 g/mol. The van der Waals surface area contributed by atoms with Gasteiger partial charge in [0.05, 0.1) is 17.1 Å². The molecule has 22 heavy (non-hydrogen) atoms. The van der Waals surface area contributed by atoms with Gasteiger partial charge in [0.2, 0.25) is 0 Å². The molecule has 3 rings (SSSR count). The van der Waals surface area contributed by atoms with E-state index in [2.05, 4.69) is 10.2 Å². The number of piperidine rings is 1. The maximum absolute atomic E-state index is 13.5. The number of likely N-dealkylation sites (N-methyl/N-ethyl adjacent to an activating group) is 1. The molecule has 2 saturated heterocycles. The normalized spacial score (nSPS) is 24.8. The summed E-state index contributed by atoms with van der Waals surface area (Å²) < 4.78 is 13.5. The van der Waals surface area contributed by atoms with Crippen LogP contribution in [0.4, 0.5) is 9.18 Å². The maximum Gasteiger partial charge on any atom is 0.317 e. The molecule has 2 fully saturated rings. The van der Waals surface area contributed by atoms with Gasteiger partial charge in [-0.05, 0) is 18.1 Å². The van der Waals surface area contributed by atoms with E-state index in [0.717, 1.165) is 25.1 Å². The van der Waals surface area contributed by atoms with Crippen molar-refractivity contribution in [2.75, 3.05) is 20.1 Å². The van der Waals surface area contributed by atoms with Crippen molar-refractivity contribution in [3.05, 3.63) is 34.1 Å². The van der Waals surface area contributed by atoms with Crippen LogP contribution in [0, 0.1) is 17.1 Å². The summed E-state index contributed by atoms with van der Waals surface area (Å²) in [6, 6.07) is 4.97. The fourth-order valence-corrected chi connectivity index (χ4v) is 3.48. The van der Waals surface area contributed by atoms with Gasteiger partial charge in [0.25, 0.3) is 0 Å². The number of nitriles is 1. The van der Waals surface area contributed by atoms with Crippen molar-refractivity contribution >= 4 is 17.6 Å². The number of carbonyl (C=O) groups is 1. The number of fused-ring (bicyclic) bond motifs is 1. The summed E-state index contributed by atoms with van der Waals surface area (Å²) in [6.45, 7) is 2.09. The van der Waals surface area contributed by atoms with E-state index in [-0.39, 0.29) is 28.7 Å². The van der Waals surface area contributed by atoms with Crippen molar-refractivity contribution in [1.29, 1.82) is 5.26 Å². The predicted molar refractivity (Wildman–Crippen MR) is 79.9 cm³/mol. The monoisotopic (exact) mass is 322 g/mol. The van der Waals surface area contributed by atoms with E-state index in [9.17, 15) is 9.18 Å². The molecule has 1 aromatic carbocycles. The van der Waals surface area contributed by atoms with Gasteiger partial charge in [0.15, 0.2) is 0 Å². The van der Waals surface area contributed by atoms with Gasteiger partial charge >= 0.3 is 6.03 Å².